The summed E-state index contributed by atoms with van der Waals surface area (Å²) in [6, 6.07) is 15.1. The van der Waals surface area contributed by atoms with Crippen molar-refractivity contribution < 1.29 is 9.53 Å². The molecule has 0 N–H and O–H groups in total. The van der Waals surface area contributed by atoms with Gasteiger partial charge < -0.3 is 4.74 Å². The highest BCUT2D eigenvalue weighted by molar-refractivity contribution is 5.66. The van der Waals surface area contributed by atoms with Crippen LogP contribution in [0.5, 0.6) is 0 Å². The summed E-state index contributed by atoms with van der Waals surface area (Å²) in [6.07, 6.45) is 1.25. The molecule has 1 unspecified atom stereocenters. The normalized spacial score (nSPS) is 11.8. The first-order valence-corrected chi connectivity index (χ1v) is 5.40. The lowest BCUT2D eigenvalue weighted by Crippen LogP contribution is -2.11. The maximum Gasteiger partial charge on any atom is 0.303 e. The molecule has 0 radical (unpaired) electrons. The Balaban J connectivity index is 2.36. The molecule has 0 aliphatic heterocycles. The first-order valence-electron chi connectivity index (χ1n) is 5.40. The number of carbonyl (C=O) groups is 1. The molecule has 0 spiro atoms. The van der Waals surface area contributed by atoms with Gasteiger partial charge in [0.2, 0.25) is 0 Å². The lowest BCUT2D eigenvalue weighted by atomic mass is 10.1. The minimum Gasteiger partial charge on any atom is -0.451 e. The van der Waals surface area contributed by atoms with Gasteiger partial charge in [0.1, 0.15) is 0 Å². The van der Waals surface area contributed by atoms with Crippen LogP contribution in [0.15, 0.2) is 54.7 Å². The van der Waals surface area contributed by atoms with Crippen molar-refractivity contribution in [1.29, 1.82) is 0 Å². The second kappa shape index (κ2) is 5.25. The molecule has 0 saturated carbocycles. The van der Waals surface area contributed by atoms with Crippen LogP contribution in [0.25, 0.3) is 0 Å². The molecule has 0 bridgehead atoms. The van der Waals surface area contributed by atoms with Gasteiger partial charge in [-0.2, -0.15) is 0 Å². The fourth-order valence-corrected chi connectivity index (χ4v) is 1.62. The molecule has 0 fully saturated rings. The smallest absolute Gasteiger partial charge is 0.303 e. The van der Waals surface area contributed by atoms with Gasteiger partial charge >= 0.3 is 5.97 Å². The number of carbonyl (C=O) groups excluding carboxylic acids is 1. The van der Waals surface area contributed by atoms with E-state index in [0.717, 1.165) is 11.3 Å². The third-order valence-corrected chi connectivity index (χ3v) is 2.34. The van der Waals surface area contributed by atoms with Crippen LogP contribution >= 0.6 is 0 Å². The van der Waals surface area contributed by atoms with Crippen LogP contribution < -0.4 is 0 Å². The SMILES string of the molecule is CC(=O)OC(c1ccccc1)c1ccccn1. The van der Waals surface area contributed by atoms with Gasteiger partial charge in [-0.1, -0.05) is 36.4 Å². The van der Waals surface area contributed by atoms with E-state index in [0.29, 0.717) is 0 Å². The molecule has 86 valence electrons. The first-order chi connectivity index (χ1) is 8.27. The van der Waals surface area contributed by atoms with E-state index in [1.807, 2.05) is 48.5 Å². The van der Waals surface area contributed by atoms with Crippen molar-refractivity contribution in [3.05, 3.63) is 66.0 Å². The summed E-state index contributed by atoms with van der Waals surface area (Å²) in [6.45, 7) is 1.40. The standard InChI is InChI=1S/C14H13NO2/c1-11(16)17-14(12-7-3-2-4-8-12)13-9-5-6-10-15-13/h2-10,14H,1H3. The molecule has 3 nitrogen and oxygen atoms in total. The van der Waals surface area contributed by atoms with Crippen LogP contribution in [-0.4, -0.2) is 11.0 Å². The maximum atomic E-state index is 11.2. The molecule has 1 aromatic carbocycles. The number of aromatic nitrogens is 1. The van der Waals surface area contributed by atoms with Crippen LogP contribution in [0.1, 0.15) is 24.3 Å². The van der Waals surface area contributed by atoms with E-state index in [4.69, 9.17) is 4.74 Å². The topological polar surface area (TPSA) is 39.2 Å². The van der Waals surface area contributed by atoms with Crippen molar-refractivity contribution in [2.45, 2.75) is 13.0 Å². The maximum absolute atomic E-state index is 11.2. The molecular weight excluding hydrogens is 214 g/mol. The molecule has 17 heavy (non-hydrogen) atoms. The lowest BCUT2D eigenvalue weighted by Gasteiger charge is -2.16. The Bertz CT molecular complexity index is 443. The van der Waals surface area contributed by atoms with E-state index in [1.54, 1.807) is 6.20 Å². The summed E-state index contributed by atoms with van der Waals surface area (Å²) in [7, 11) is 0. The Morgan fingerprint density at radius 2 is 1.82 bits per heavy atom. The molecule has 0 aliphatic rings. The fourth-order valence-electron chi connectivity index (χ4n) is 1.62. The van der Waals surface area contributed by atoms with E-state index >= 15 is 0 Å². The number of pyridine rings is 1. The lowest BCUT2D eigenvalue weighted by molar-refractivity contribution is -0.144. The molecule has 1 atom stereocenters. The summed E-state index contributed by atoms with van der Waals surface area (Å²) >= 11 is 0. The predicted molar refractivity (Wildman–Crippen MR) is 64.3 cm³/mol. The Hall–Kier alpha value is -2.16. The van der Waals surface area contributed by atoms with Gasteiger partial charge in [-0.25, -0.2) is 0 Å². The summed E-state index contributed by atoms with van der Waals surface area (Å²) in [5.74, 6) is -0.315. The number of hydrogen-bond donors (Lipinski definition) is 0. The van der Waals surface area contributed by atoms with Crippen molar-refractivity contribution >= 4 is 5.97 Å². The van der Waals surface area contributed by atoms with E-state index in [2.05, 4.69) is 4.98 Å². The minimum absolute atomic E-state index is 0.315. The Labute approximate surface area is 100 Å². The average Bonchev–Trinajstić information content (AvgIpc) is 2.38. The van der Waals surface area contributed by atoms with Crippen LogP contribution in [0.3, 0.4) is 0 Å². The van der Waals surface area contributed by atoms with Crippen molar-refractivity contribution in [2.24, 2.45) is 0 Å². The van der Waals surface area contributed by atoms with Crippen molar-refractivity contribution in [3.63, 3.8) is 0 Å². The quantitative estimate of drug-likeness (QED) is 0.757. The number of benzene rings is 1. The molecule has 2 aromatic rings. The van der Waals surface area contributed by atoms with E-state index in [-0.39, 0.29) is 5.97 Å². The zero-order valence-electron chi connectivity index (χ0n) is 9.54. The Morgan fingerprint density at radius 1 is 1.12 bits per heavy atom. The largest absolute Gasteiger partial charge is 0.451 e. The molecule has 0 amide bonds. The highest BCUT2D eigenvalue weighted by Crippen LogP contribution is 2.23. The highest BCUT2D eigenvalue weighted by atomic mass is 16.5. The molecule has 1 heterocycles. The molecule has 0 saturated heterocycles. The van der Waals surface area contributed by atoms with E-state index < -0.39 is 6.10 Å². The zero-order chi connectivity index (χ0) is 12.1. The number of esters is 1. The molecular formula is C14H13NO2. The predicted octanol–water partition coefficient (Wildman–Crippen LogP) is 2.73. The number of rotatable bonds is 3. The molecule has 1 aromatic heterocycles. The molecule has 0 aliphatic carbocycles. The third kappa shape index (κ3) is 2.91. The van der Waals surface area contributed by atoms with Crippen LogP contribution in [0, 0.1) is 0 Å². The summed E-state index contributed by atoms with van der Waals surface area (Å²) in [5.41, 5.74) is 1.65. The summed E-state index contributed by atoms with van der Waals surface area (Å²) < 4.78 is 5.32. The molecule has 2 rings (SSSR count). The Morgan fingerprint density at radius 3 is 2.41 bits per heavy atom. The van der Waals surface area contributed by atoms with Crippen molar-refractivity contribution in [2.75, 3.05) is 0 Å². The number of ether oxygens (including phenoxy) is 1. The van der Waals surface area contributed by atoms with Gasteiger partial charge in [0.15, 0.2) is 6.10 Å². The summed E-state index contributed by atoms with van der Waals surface area (Å²) in [5, 5.41) is 0. The van der Waals surface area contributed by atoms with Gasteiger partial charge in [-0.3, -0.25) is 9.78 Å². The van der Waals surface area contributed by atoms with Crippen LogP contribution in [0.4, 0.5) is 0 Å². The number of hydrogen-bond acceptors (Lipinski definition) is 3. The van der Waals surface area contributed by atoms with Crippen molar-refractivity contribution in [3.8, 4) is 0 Å². The average molecular weight is 227 g/mol. The van der Waals surface area contributed by atoms with Gasteiger partial charge in [0, 0.05) is 13.1 Å². The zero-order valence-corrected chi connectivity index (χ0v) is 9.54. The van der Waals surface area contributed by atoms with Gasteiger partial charge in [0.25, 0.3) is 0 Å². The second-order valence-electron chi connectivity index (χ2n) is 3.65. The van der Waals surface area contributed by atoms with Crippen LogP contribution in [0.2, 0.25) is 0 Å². The third-order valence-electron chi connectivity index (χ3n) is 2.34. The minimum atomic E-state index is -0.435. The monoisotopic (exact) mass is 227 g/mol. The van der Waals surface area contributed by atoms with Crippen LogP contribution in [-0.2, 0) is 9.53 Å². The number of nitrogens with zero attached hydrogens (tertiary/aromatic N) is 1. The first kappa shape index (κ1) is 11.3. The van der Waals surface area contributed by atoms with Gasteiger partial charge in [0.05, 0.1) is 5.69 Å². The van der Waals surface area contributed by atoms with E-state index in [1.165, 1.54) is 6.92 Å². The molecule has 3 heteroatoms. The second-order valence-corrected chi connectivity index (χ2v) is 3.65. The van der Waals surface area contributed by atoms with Gasteiger partial charge in [-0.15, -0.1) is 0 Å². The van der Waals surface area contributed by atoms with E-state index in [9.17, 15) is 4.79 Å². The highest BCUT2D eigenvalue weighted by Gasteiger charge is 2.17. The van der Waals surface area contributed by atoms with Gasteiger partial charge in [-0.05, 0) is 17.7 Å². The Kier molecular flexibility index (Phi) is 3.50. The van der Waals surface area contributed by atoms with Crippen molar-refractivity contribution in [1.82, 2.24) is 4.98 Å². The fraction of sp³-hybridized carbons (Fsp3) is 0.143. The summed E-state index contributed by atoms with van der Waals surface area (Å²) in [4.78, 5) is 15.4.